The molecule has 74 valence electrons. The van der Waals surface area contributed by atoms with Crippen molar-refractivity contribution in [3.8, 4) is 0 Å². The van der Waals surface area contributed by atoms with E-state index in [2.05, 4.69) is 4.98 Å². The first-order valence-corrected chi connectivity index (χ1v) is 4.71. The summed E-state index contributed by atoms with van der Waals surface area (Å²) < 4.78 is 0. The van der Waals surface area contributed by atoms with Crippen LogP contribution in [0.25, 0.3) is 0 Å². The molecular formula is C10H12N2O2. The molecule has 0 bridgehead atoms. The molecule has 14 heavy (non-hydrogen) atoms. The maximum atomic E-state index is 11.3. The number of pyridine rings is 1. The normalized spacial score (nSPS) is 16.3. The maximum absolute atomic E-state index is 11.3. The van der Waals surface area contributed by atoms with Crippen molar-refractivity contribution in [1.82, 2.24) is 9.88 Å². The second-order valence-corrected chi connectivity index (χ2v) is 3.48. The minimum atomic E-state index is -0.110. The van der Waals surface area contributed by atoms with E-state index in [1.807, 2.05) is 4.90 Å². The van der Waals surface area contributed by atoms with Gasteiger partial charge in [-0.1, -0.05) is 6.07 Å². The second-order valence-electron chi connectivity index (χ2n) is 3.48. The molecule has 2 rings (SSSR count). The van der Waals surface area contributed by atoms with Gasteiger partial charge in [0.2, 0.25) is 11.5 Å². The van der Waals surface area contributed by atoms with Crippen LogP contribution < -0.4 is 5.56 Å². The standard InChI is InChI=1S/C10H12N2O2/c13-9-4-3-8(6-11-9)7-12-5-1-2-10(12)14/h3-4,6H,1-2,5,7H2,(H,11,13). The fraction of sp³-hybridized carbons (Fsp3) is 0.400. The van der Waals surface area contributed by atoms with Crippen molar-refractivity contribution < 1.29 is 4.79 Å². The number of likely N-dealkylation sites (tertiary alicyclic amines) is 1. The van der Waals surface area contributed by atoms with Gasteiger partial charge >= 0.3 is 0 Å². The molecule has 0 unspecified atom stereocenters. The number of rotatable bonds is 2. The van der Waals surface area contributed by atoms with Crippen LogP contribution in [0, 0.1) is 0 Å². The highest BCUT2D eigenvalue weighted by Crippen LogP contribution is 2.12. The molecule has 2 heterocycles. The Balaban J connectivity index is 2.07. The van der Waals surface area contributed by atoms with Gasteiger partial charge in [-0.3, -0.25) is 9.59 Å². The first-order valence-electron chi connectivity index (χ1n) is 4.71. The van der Waals surface area contributed by atoms with Crippen molar-refractivity contribution >= 4 is 5.91 Å². The lowest BCUT2D eigenvalue weighted by Crippen LogP contribution is -2.24. The summed E-state index contributed by atoms with van der Waals surface area (Å²) in [5.41, 5.74) is 0.862. The fourth-order valence-corrected chi connectivity index (χ4v) is 1.63. The highest BCUT2D eigenvalue weighted by Gasteiger charge is 2.19. The van der Waals surface area contributed by atoms with Crippen molar-refractivity contribution in [2.24, 2.45) is 0 Å². The quantitative estimate of drug-likeness (QED) is 0.741. The van der Waals surface area contributed by atoms with Gasteiger partial charge < -0.3 is 9.88 Å². The number of carbonyl (C=O) groups excluding carboxylic acids is 1. The highest BCUT2D eigenvalue weighted by molar-refractivity contribution is 5.78. The Kier molecular flexibility index (Phi) is 2.35. The first-order chi connectivity index (χ1) is 6.75. The molecule has 1 aliphatic heterocycles. The lowest BCUT2D eigenvalue weighted by molar-refractivity contribution is -0.128. The second kappa shape index (κ2) is 3.65. The lowest BCUT2D eigenvalue weighted by atomic mass is 10.3. The number of nitrogens with one attached hydrogen (secondary N) is 1. The van der Waals surface area contributed by atoms with Crippen molar-refractivity contribution in [3.63, 3.8) is 0 Å². The van der Waals surface area contributed by atoms with E-state index in [4.69, 9.17) is 0 Å². The summed E-state index contributed by atoms with van der Waals surface area (Å²) in [6.45, 7) is 1.44. The Morgan fingerprint density at radius 1 is 1.36 bits per heavy atom. The lowest BCUT2D eigenvalue weighted by Gasteiger charge is -2.14. The smallest absolute Gasteiger partial charge is 0.247 e. The predicted molar refractivity (Wildman–Crippen MR) is 51.7 cm³/mol. The third kappa shape index (κ3) is 1.84. The van der Waals surface area contributed by atoms with Crippen LogP contribution in [0.2, 0.25) is 0 Å². The number of carbonyl (C=O) groups is 1. The van der Waals surface area contributed by atoms with Crippen LogP contribution in [0.4, 0.5) is 0 Å². The van der Waals surface area contributed by atoms with E-state index in [0.29, 0.717) is 13.0 Å². The summed E-state index contributed by atoms with van der Waals surface area (Å²) in [5, 5.41) is 0. The minimum absolute atomic E-state index is 0.110. The van der Waals surface area contributed by atoms with Gasteiger partial charge in [0.25, 0.3) is 0 Å². The fourth-order valence-electron chi connectivity index (χ4n) is 1.63. The van der Waals surface area contributed by atoms with Crippen LogP contribution in [0.5, 0.6) is 0 Å². The summed E-state index contributed by atoms with van der Waals surface area (Å²) in [4.78, 5) is 26.5. The molecule has 0 saturated carbocycles. The van der Waals surface area contributed by atoms with Gasteiger partial charge in [-0.05, 0) is 12.0 Å². The van der Waals surface area contributed by atoms with E-state index in [1.165, 1.54) is 6.07 Å². The van der Waals surface area contributed by atoms with E-state index in [-0.39, 0.29) is 11.5 Å². The molecule has 0 aromatic carbocycles. The van der Waals surface area contributed by atoms with Crippen LogP contribution >= 0.6 is 0 Å². The molecular weight excluding hydrogens is 180 g/mol. The highest BCUT2D eigenvalue weighted by atomic mass is 16.2. The summed E-state index contributed by atoms with van der Waals surface area (Å²) in [6.07, 6.45) is 3.26. The van der Waals surface area contributed by atoms with E-state index < -0.39 is 0 Å². The molecule has 1 N–H and O–H groups in total. The zero-order valence-corrected chi connectivity index (χ0v) is 7.82. The molecule has 1 fully saturated rings. The molecule has 1 aliphatic rings. The summed E-state index contributed by atoms with van der Waals surface area (Å²) in [5.74, 6) is 0.205. The number of aromatic nitrogens is 1. The zero-order valence-electron chi connectivity index (χ0n) is 7.82. The van der Waals surface area contributed by atoms with Gasteiger partial charge in [0.05, 0.1) is 0 Å². The van der Waals surface area contributed by atoms with Crippen molar-refractivity contribution in [2.45, 2.75) is 19.4 Å². The average Bonchev–Trinajstić information content (AvgIpc) is 2.56. The Hall–Kier alpha value is -1.58. The van der Waals surface area contributed by atoms with Gasteiger partial charge in [-0.2, -0.15) is 0 Å². The van der Waals surface area contributed by atoms with E-state index in [0.717, 1.165) is 18.5 Å². The SMILES string of the molecule is O=C1CCCN1Cc1ccc(=O)[nH]c1. The first kappa shape index (κ1) is 8.99. The predicted octanol–water partition coefficient (Wildman–Crippen LogP) is 0.497. The van der Waals surface area contributed by atoms with Crippen molar-refractivity contribution in [2.75, 3.05) is 6.54 Å². The summed E-state index contributed by atoms with van der Waals surface area (Å²) in [6, 6.07) is 3.24. The van der Waals surface area contributed by atoms with Crippen molar-refractivity contribution in [3.05, 3.63) is 34.2 Å². The van der Waals surface area contributed by atoms with E-state index in [9.17, 15) is 9.59 Å². The number of hydrogen-bond acceptors (Lipinski definition) is 2. The minimum Gasteiger partial charge on any atom is -0.338 e. The topological polar surface area (TPSA) is 53.2 Å². The summed E-state index contributed by atoms with van der Waals surface area (Å²) >= 11 is 0. The van der Waals surface area contributed by atoms with Crippen LogP contribution in [-0.4, -0.2) is 22.3 Å². The average molecular weight is 192 g/mol. The molecule has 4 heteroatoms. The number of hydrogen-bond donors (Lipinski definition) is 1. The van der Waals surface area contributed by atoms with Gasteiger partial charge in [0.15, 0.2) is 0 Å². The Labute approximate surface area is 81.6 Å². The van der Waals surface area contributed by atoms with E-state index >= 15 is 0 Å². The number of nitrogens with zero attached hydrogens (tertiary/aromatic N) is 1. The van der Waals surface area contributed by atoms with E-state index in [1.54, 1.807) is 12.3 Å². The molecule has 0 spiro atoms. The maximum Gasteiger partial charge on any atom is 0.247 e. The molecule has 0 atom stereocenters. The third-order valence-electron chi connectivity index (χ3n) is 2.39. The molecule has 1 saturated heterocycles. The van der Waals surface area contributed by atoms with Gasteiger partial charge in [-0.25, -0.2) is 0 Å². The Morgan fingerprint density at radius 3 is 2.79 bits per heavy atom. The van der Waals surface area contributed by atoms with Crippen LogP contribution in [0.15, 0.2) is 23.1 Å². The molecule has 4 nitrogen and oxygen atoms in total. The Morgan fingerprint density at radius 2 is 2.21 bits per heavy atom. The number of amides is 1. The number of H-pyrrole nitrogens is 1. The van der Waals surface area contributed by atoms with Gasteiger partial charge in [0, 0.05) is 31.8 Å². The zero-order chi connectivity index (χ0) is 9.97. The third-order valence-corrected chi connectivity index (χ3v) is 2.39. The summed E-state index contributed by atoms with van der Waals surface area (Å²) in [7, 11) is 0. The van der Waals surface area contributed by atoms with Crippen LogP contribution in [0.1, 0.15) is 18.4 Å². The van der Waals surface area contributed by atoms with Crippen LogP contribution in [0.3, 0.4) is 0 Å². The Bertz CT molecular complexity index is 377. The molecule has 1 aromatic heterocycles. The van der Waals surface area contributed by atoms with Gasteiger partial charge in [0.1, 0.15) is 0 Å². The molecule has 0 radical (unpaired) electrons. The monoisotopic (exact) mass is 192 g/mol. The molecule has 0 aliphatic carbocycles. The van der Waals surface area contributed by atoms with Crippen molar-refractivity contribution in [1.29, 1.82) is 0 Å². The number of aromatic amines is 1. The van der Waals surface area contributed by atoms with Gasteiger partial charge in [-0.15, -0.1) is 0 Å². The largest absolute Gasteiger partial charge is 0.338 e. The molecule has 1 aromatic rings. The van der Waals surface area contributed by atoms with Crippen LogP contribution in [-0.2, 0) is 11.3 Å². The molecule has 1 amide bonds.